The van der Waals surface area contributed by atoms with Crippen molar-refractivity contribution in [1.82, 2.24) is 4.68 Å². The van der Waals surface area contributed by atoms with Crippen LogP contribution in [0.25, 0.3) is 6.08 Å². The van der Waals surface area contributed by atoms with Crippen LogP contribution in [0.5, 0.6) is 5.75 Å². The van der Waals surface area contributed by atoms with E-state index in [2.05, 4.69) is 5.43 Å². The molecule has 0 aliphatic carbocycles. The fraction of sp³-hybridized carbons (Fsp3) is 0.125. The number of hydrogen-bond acceptors (Lipinski definition) is 3. The predicted molar refractivity (Wildman–Crippen MR) is 105 cm³/mol. The number of benzene rings is 1. The Morgan fingerprint density at radius 1 is 1.26 bits per heavy atom. The first kappa shape index (κ1) is 17.8. The minimum absolute atomic E-state index is 0.00482. The van der Waals surface area contributed by atoms with Crippen molar-refractivity contribution in [3.05, 3.63) is 53.9 Å². The summed E-state index contributed by atoms with van der Waals surface area (Å²) < 4.78 is 2.96. The highest BCUT2D eigenvalue weighted by Gasteiger charge is 2.13. The first-order chi connectivity index (χ1) is 10.8. The third-order valence-corrected chi connectivity index (χ3v) is 4.84. The third-order valence-electron chi connectivity index (χ3n) is 3.20. The molecule has 0 aliphatic rings. The number of aromatic hydroxyl groups is 1. The molecule has 0 atom stereocenters. The molecule has 2 rings (SSSR count). The zero-order valence-corrected chi connectivity index (χ0v) is 16.7. The molecule has 0 bridgehead atoms. The van der Waals surface area contributed by atoms with Gasteiger partial charge in [0.2, 0.25) is 0 Å². The summed E-state index contributed by atoms with van der Waals surface area (Å²) in [6, 6.07) is 9.13. The molecule has 0 saturated carbocycles. The molecular formula is C16H13I2N3O2. The summed E-state index contributed by atoms with van der Waals surface area (Å²) in [5, 5.41) is 19.1. The lowest BCUT2D eigenvalue weighted by Gasteiger charge is -2.10. The van der Waals surface area contributed by atoms with Crippen LogP contribution in [0.3, 0.4) is 0 Å². The van der Waals surface area contributed by atoms with Gasteiger partial charge < -0.3 is 5.11 Å². The monoisotopic (exact) mass is 533 g/mol. The summed E-state index contributed by atoms with van der Waals surface area (Å²) >= 11 is 4.01. The molecule has 1 heterocycles. The molecule has 5 nitrogen and oxygen atoms in total. The topological polar surface area (TPSA) is 78.0 Å². The molecule has 0 fully saturated rings. The van der Waals surface area contributed by atoms with E-state index in [-0.39, 0.29) is 11.3 Å². The number of phenolic OH excluding ortho intramolecular Hbond substituents is 1. The number of phenols is 1. The van der Waals surface area contributed by atoms with Crippen molar-refractivity contribution in [2.24, 2.45) is 0 Å². The number of nitrogens with one attached hydrogen (secondary N) is 1. The number of carbonyl (C=O) groups excluding carboxylic acids is 1. The standard InChI is InChI=1S/C16H13I2N3O2/c1-9-3-4-10(2)21(9)20-16(23)12(8-19)5-11-6-13(17)15(22)14(18)7-11/h3-7,22H,1-2H3,(H,20,23)/b12-5-. The molecule has 2 N–H and O–H groups in total. The number of halogens is 2. The van der Waals surface area contributed by atoms with Crippen LogP contribution >= 0.6 is 45.2 Å². The second-order valence-corrected chi connectivity index (χ2v) is 7.22. The first-order valence-corrected chi connectivity index (χ1v) is 8.75. The van der Waals surface area contributed by atoms with Gasteiger partial charge in [0.05, 0.1) is 7.14 Å². The molecule has 1 aromatic carbocycles. The number of amides is 1. The van der Waals surface area contributed by atoms with Crippen LogP contribution in [-0.2, 0) is 4.79 Å². The Labute approximate surface area is 161 Å². The number of hydrogen-bond donors (Lipinski definition) is 2. The molecule has 7 heteroatoms. The smallest absolute Gasteiger partial charge is 0.280 e. The molecule has 1 amide bonds. The van der Waals surface area contributed by atoms with E-state index < -0.39 is 5.91 Å². The summed E-state index contributed by atoms with van der Waals surface area (Å²) in [5.41, 5.74) is 5.14. The summed E-state index contributed by atoms with van der Waals surface area (Å²) in [4.78, 5) is 12.3. The molecule has 0 saturated heterocycles. The average molecular weight is 533 g/mol. The highest BCUT2D eigenvalue weighted by molar-refractivity contribution is 14.1. The van der Waals surface area contributed by atoms with Crippen molar-refractivity contribution in [3.63, 3.8) is 0 Å². The van der Waals surface area contributed by atoms with Gasteiger partial charge in [0.15, 0.2) is 0 Å². The van der Waals surface area contributed by atoms with E-state index in [4.69, 9.17) is 0 Å². The third kappa shape index (κ3) is 4.06. The number of nitrogens with zero attached hydrogens (tertiary/aromatic N) is 2. The maximum atomic E-state index is 12.3. The van der Waals surface area contributed by atoms with Gasteiger partial charge in [-0.05, 0) is 94.9 Å². The summed E-state index contributed by atoms with van der Waals surface area (Å²) in [6.07, 6.45) is 1.51. The molecule has 118 valence electrons. The van der Waals surface area contributed by atoms with Gasteiger partial charge in [0.1, 0.15) is 17.4 Å². The van der Waals surface area contributed by atoms with Gasteiger partial charge >= 0.3 is 0 Å². The molecule has 0 unspecified atom stereocenters. The van der Waals surface area contributed by atoms with Crippen molar-refractivity contribution in [2.45, 2.75) is 13.8 Å². The number of nitriles is 1. The second-order valence-electron chi connectivity index (χ2n) is 4.90. The lowest BCUT2D eigenvalue weighted by molar-refractivity contribution is -0.113. The van der Waals surface area contributed by atoms with Gasteiger partial charge in [0.25, 0.3) is 5.91 Å². The van der Waals surface area contributed by atoms with E-state index in [0.717, 1.165) is 11.4 Å². The van der Waals surface area contributed by atoms with Crippen LogP contribution in [0, 0.1) is 32.3 Å². The van der Waals surface area contributed by atoms with Crippen LogP contribution in [-0.4, -0.2) is 15.7 Å². The number of aryl methyl sites for hydroxylation is 2. The van der Waals surface area contributed by atoms with Crippen LogP contribution in [0.4, 0.5) is 0 Å². The van der Waals surface area contributed by atoms with E-state index in [1.165, 1.54) is 6.08 Å². The predicted octanol–water partition coefficient (Wildman–Crippen LogP) is 3.70. The SMILES string of the molecule is Cc1ccc(C)n1NC(=O)/C(C#N)=C\c1cc(I)c(O)c(I)c1. The quantitative estimate of drug-likeness (QED) is 0.359. The summed E-state index contributed by atoms with van der Waals surface area (Å²) in [6.45, 7) is 3.74. The van der Waals surface area contributed by atoms with Crippen molar-refractivity contribution < 1.29 is 9.90 Å². The lowest BCUT2D eigenvalue weighted by Crippen LogP contribution is -2.25. The largest absolute Gasteiger partial charge is 0.506 e. The molecule has 0 radical (unpaired) electrons. The Bertz CT molecular complexity index is 805. The molecule has 23 heavy (non-hydrogen) atoms. The summed E-state index contributed by atoms with van der Waals surface area (Å²) in [5.74, 6) is -0.280. The van der Waals surface area contributed by atoms with Crippen molar-refractivity contribution >= 4 is 57.2 Å². The molecule has 0 spiro atoms. The Kier molecular flexibility index (Phi) is 5.69. The molecule has 1 aromatic heterocycles. The van der Waals surface area contributed by atoms with Gasteiger partial charge in [-0.25, -0.2) is 0 Å². The number of carbonyl (C=O) groups is 1. The minimum atomic E-state index is -0.479. The normalized spacial score (nSPS) is 11.2. The highest BCUT2D eigenvalue weighted by Crippen LogP contribution is 2.28. The van der Waals surface area contributed by atoms with E-state index in [1.807, 2.05) is 77.2 Å². The number of rotatable bonds is 3. The Balaban J connectivity index is 2.33. The molecular weight excluding hydrogens is 520 g/mol. The van der Waals surface area contributed by atoms with Crippen molar-refractivity contribution in [3.8, 4) is 11.8 Å². The highest BCUT2D eigenvalue weighted by atomic mass is 127. The van der Waals surface area contributed by atoms with E-state index in [9.17, 15) is 15.2 Å². The van der Waals surface area contributed by atoms with Crippen molar-refractivity contribution in [1.29, 1.82) is 5.26 Å². The molecule has 0 aliphatic heterocycles. The van der Waals surface area contributed by atoms with Crippen LogP contribution in [0.2, 0.25) is 0 Å². The van der Waals surface area contributed by atoms with Crippen molar-refractivity contribution in [2.75, 3.05) is 5.43 Å². The Morgan fingerprint density at radius 2 is 1.78 bits per heavy atom. The Hall–Kier alpha value is -1.54. The van der Waals surface area contributed by atoms with E-state index >= 15 is 0 Å². The maximum absolute atomic E-state index is 12.3. The van der Waals surface area contributed by atoms with Crippen LogP contribution in [0.1, 0.15) is 17.0 Å². The molecule has 2 aromatic rings. The minimum Gasteiger partial charge on any atom is -0.506 e. The average Bonchev–Trinajstić information content (AvgIpc) is 2.81. The number of aromatic nitrogens is 1. The van der Waals surface area contributed by atoms with Crippen LogP contribution in [0.15, 0.2) is 29.8 Å². The van der Waals surface area contributed by atoms with E-state index in [0.29, 0.717) is 12.7 Å². The zero-order chi connectivity index (χ0) is 17.1. The van der Waals surface area contributed by atoms with Gasteiger partial charge in [-0.2, -0.15) is 5.26 Å². The lowest BCUT2D eigenvalue weighted by atomic mass is 10.1. The van der Waals surface area contributed by atoms with Gasteiger partial charge in [-0.3, -0.25) is 14.9 Å². The van der Waals surface area contributed by atoms with E-state index in [1.54, 1.807) is 16.8 Å². The maximum Gasteiger partial charge on any atom is 0.280 e. The summed E-state index contributed by atoms with van der Waals surface area (Å²) in [7, 11) is 0. The van der Waals surface area contributed by atoms with Gasteiger partial charge in [-0.15, -0.1) is 0 Å². The first-order valence-electron chi connectivity index (χ1n) is 6.59. The van der Waals surface area contributed by atoms with Gasteiger partial charge in [-0.1, -0.05) is 0 Å². The Morgan fingerprint density at radius 3 is 2.26 bits per heavy atom. The zero-order valence-electron chi connectivity index (χ0n) is 12.4. The van der Waals surface area contributed by atoms with Gasteiger partial charge in [0, 0.05) is 11.4 Å². The second kappa shape index (κ2) is 7.35. The fourth-order valence-corrected chi connectivity index (χ4v) is 3.81. The van der Waals surface area contributed by atoms with Crippen LogP contribution < -0.4 is 5.43 Å². The fourth-order valence-electron chi connectivity index (χ4n) is 1.99.